The molecule has 1 aliphatic rings. The lowest BCUT2D eigenvalue weighted by molar-refractivity contribution is -0.137. The van der Waals surface area contributed by atoms with Gasteiger partial charge in [-0.05, 0) is 20.8 Å². The predicted octanol–water partition coefficient (Wildman–Crippen LogP) is 0.369. The van der Waals surface area contributed by atoms with Crippen LogP contribution in [0.2, 0.25) is 0 Å². The van der Waals surface area contributed by atoms with Gasteiger partial charge >= 0.3 is 11.9 Å². The van der Waals surface area contributed by atoms with Crippen molar-refractivity contribution in [3.05, 3.63) is 11.4 Å². The van der Waals surface area contributed by atoms with Crippen LogP contribution in [0.15, 0.2) is 11.4 Å². The van der Waals surface area contributed by atoms with Crippen LogP contribution in [-0.4, -0.2) is 51.2 Å². The summed E-state index contributed by atoms with van der Waals surface area (Å²) in [4.78, 5) is 25.2. The fourth-order valence-electron chi connectivity index (χ4n) is 2.00. The molecule has 0 aromatic carbocycles. The number of likely N-dealkylation sites (N-methyl/N-ethyl adjacent to an activating group) is 1. The number of carboxylic acids is 2. The van der Waals surface area contributed by atoms with Crippen molar-refractivity contribution in [3.63, 3.8) is 0 Å². The molecule has 0 aromatic rings. The van der Waals surface area contributed by atoms with Crippen molar-refractivity contribution in [1.82, 2.24) is 9.80 Å². The third-order valence-electron chi connectivity index (χ3n) is 2.76. The van der Waals surface area contributed by atoms with E-state index in [1.54, 1.807) is 18.9 Å². The van der Waals surface area contributed by atoms with Crippen molar-refractivity contribution >= 4 is 11.9 Å². The molecule has 90 valence electrons. The van der Waals surface area contributed by atoms with Crippen LogP contribution in [0.3, 0.4) is 0 Å². The predicted molar refractivity (Wildman–Crippen MR) is 56.5 cm³/mol. The highest BCUT2D eigenvalue weighted by molar-refractivity contribution is 5.98. The average Bonchev–Trinajstić information content (AvgIpc) is 2.39. The first kappa shape index (κ1) is 12.4. The van der Waals surface area contributed by atoms with Crippen LogP contribution < -0.4 is 0 Å². The van der Waals surface area contributed by atoms with E-state index in [1.807, 2.05) is 13.8 Å². The van der Waals surface area contributed by atoms with Crippen LogP contribution in [0.4, 0.5) is 0 Å². The van der Waals surface area contributed by atoms with Crippen molar-refractivity contribution in [2.45, 2.75) is 33.0 Å². The Kier molecular flexibility index (Phi) is 3.11. The Labute approximate surface area is 93.8 Å². The Bertz CT molecular complexity index is 362. The normalized spacial score (nSPS) is 20.9. The maximum Gasteiger partial charge on any atom is 0.354 e. The molecule has 1 heterocycles. The van der Waals surface area contributed by atoms with Crippen molar-refractivity contribution in [1.29, 1.82) is 0 Å². The molecule has 0 fully saturated rings. The van der Waals surface area contributed by atoms with Gasteiger partial charge in [0.2, 0.25) is 0 Å². The number of hydrogen-bond donors (Lipinski definition) is 2. The first-order valence-corrected chi connectivity index (χ1v) is 5.01. The highest BCUT2D eigenvalue weighted by Crippen LogP contribution is 2.30. The van der Waals surface area contributed by atoms with E-state index in [4.69, 9.17) is 10.2 Å². The molecule has 0 amide bonds. The monoisotopic (exact) mass is 228 g/mol. The fourth-order valence-corrected chi connectivity index (χ4v) is 2.00. The molecule has 1 rings (SSSR count). The molecule has 0 saturated heterocycles. The number of hydrogen-bond acceptors (Lipinski definition) is 4. The summed E-state index contributed by atoms with van der Waals surface area (Å²) in [7, 11) is 1.58. The van der Waals surface area contributed by atoms with Gasteiger partial charge in [0.05, 0.1) is 6.17 Å². The lowest BCUT2D eigenvalue weighted by Gasteiger charge is -2.31. The van der Waals surface area contributed by atoms with E-state index >= 15 is 0 Å². The smallest absolute Gasteiger partial charge is 0.354 e. The SMILES string of the molecule is CC(C)N1C(C(=O)O)=C(C(=O)O)N(C)C1C. The molecule has 0 radical (unpaired) electrons. The van der Waals surface area contributed by atoms with E-state index in [9.17, 15) is 9.59 Å². The molecule has 0 saturated carbocycles. The Morgan fingerprint density at radius 1 is 1.19 bits per heavy atom. The van der Waals surface area contributed by atoms with E-state index in [0.717, 1.165) is 0 Å². The second-order valence-corrected chi connectivity index (χ2v) is 4.05. The number of nitrogens with zero attached hydrogens (tertiary/aromatic N) is 2. The molecule has 6 heteroatoms. The third kappa shape index (κ3) is 1.70. The number of aliphatic carboxylic acids is 2. The maximum absolute atomic E-state index is 11.1. The molecule has 1 aliphatic heterocycles. The third-order valence-corrected chi connectivity index (χ3v) is 2.76. The minimum atomic E-state index is -1.21. The summed E-state index contributed by atoms with van der Waals surface area (Å²) >= 11 is 0. The molecular weight excluding hydrogens is 212 g/mol. The number of carbonyl (C=O) groups is 2. The minimum absolute atomic E-state index is 0.0691. The van der Waals surface area contributed by atoms with E-state index in [-0.39, 0.29) is 23.6 Å². The van der Waals surface area contributed by atoms with Gasteiger partial charge in [-0.15, -0.1) is 0 Å². The largest absolute Gasteiger partial charge is 0.477 e. The number of rotatable bonds is 3. The first-order valence-electron chi connectivity index (χ1n) is 5.01. The second kappa shape index (κ2) is 4.03. The van der Waals surface area contributed by atoms with Gasteiger partial charge in [0.1, 0.15) is 0 Å². The van der Waals surface area contributed by atoms with Gasteiger partial charge in [-0.2, -0.15) is 0 Å². The highest BCUT2D eigenvalue weighted by Gasteiger charge is 2.41. The Morgan fingerprint density at radius 3 is 1.94 bits per heavy atom. The topological polar surface area (TPSA) is 81.1 Å². The molecule has 0 aromatic heterocycles. The van der Waals surface area contributed by atoms with Crippen molar-refractivity contribution in [2.75, 3.05) is 7.05 Å². The molecule has 16 heavy (non-hydrogen) atoms. The van der Waals surface area contributed by atoms with E-state index in [2.05, 4.69) is 0 Å². The zero-order valence-electron chi connectivity index (χ0n) is 9.76. The lowest BCUT2D eigenvalue weighted by atomic mass is 10.2. The van der Waals surface area contributed by atoms with Gasteiger partial charge in [0.25, 0.3) is 0 Å². The average molecular weight is 228 g/mol. The minimum Gasteiger partial charge on any atom is -0.477 e. The fraction of sp³-hybridized carbons (Fsp3) is 0.600. The van der Waals surface area contributed by atoms with Crippen LogP contribution in [0.5, 0.6) is 0 Å². The molecule has 1 unspecified atom stereocenters. The van der Waals surface area contributed by atoms with Crippen LogP contribution in [-0.2, 0) is 9.59 Å². The number of carboxylic acid groups (broad SMARTS) is 2. The summed E-state index contributed by atoms with van der Waals surface area (Å²) in [6, 6.07) is -0.0691. The molecule has 6 nitrogen and oxygen atoms in total. The first-order chi connectivity index (χ1) is 7.29. The molecular formula is C10H16N2O4. The summed E-state index contributed by atoms with van der Waals surface area (Å²) in [6.07, 6.45) is -0.266. The Hall–Kier alpha value is -1.72. The summed E-state index contributed by atoms with van der Waals surface area (Å²) in [6.45, 7) is 5.44. The summed E-state index contributed by atoms with van der Waals surface area (Å²) in [5.41, 5.74) is -0.300. The molecule has 0 spiro atoms. The molecule has 2 N–H and O–H groups in total. The zero-order chi connectivity index (χ0) is 12.6. The summed E-state index contributed by atoms with van der Waals surface area (Å²) in [5, 5.41) is 18.1. The van der Waals surface area contributed by atoms with Crippen LogP contribution in [0.1, 0.15) is 20.8 Å². The van der Waals surface area contributed by atoms with Gasteiger partial charge in [0.15, 0.2) is 11.4 Å². The quantitative estimate of drug-likeness (QED) is 0.726. The van der Waals surface area contributed by atoms with Gasteiger partial charge in [-0.3, -0.25) is 0 Å². The Morgan fingerprint density at radius 2 is 1.62 bits per heavy atom. The van der Waals surface area contributed by atoms with Gasteiger partial charge in [0, 0.05) is 13.1 Å². The molecule has 0 bridgehead atoms. The van der Waals surface area contributed by atoms with Crippen molar-refractivity contribution < 1.29 is 19.8 Å². The van der Waals surface area contributed by atoms with E-state index < -0.39 is 11.9 Å². The zero-order valence-corrected chi connectivity index (χ0v) is 9.76. The van der Waals surface area contributed by atoms with Gasteiger partial charge in [-0.1, -0.05) is 0 Å². The van der Waals surface area contributed by atoms with Crippen LogP contribution in [0.25, 0.3) is 0 Å². The summed E-state index contributed by atoms with van der Waals surface area (Å²) < 4.78 is 0. The van der Waals surface area contributed by atoms with Gasteiger partial charge in [-0.25, -0.2) is 9.59 Å². The highest BCUT2D eigenvalue weighted by atomic mass is 16.4. The van der Waals surface area contributed by atoms with E-state index in [1.165, 1.54) is 4.90 Å². The van der Waals surface area contributed by atoms with Crippen molar-refractivity contribution in [3.8, 4) is 0 Å². The molecule has 1 atom stereocenters. The van der Waals surface area contributed by atoms with Crippen LogP contribution >= 0.6 is 0 Å². The molecule has 0 aliphatic carbocycles. The van der Waals surface area contributed by atoms with Gasteiger partial charge < -0.3 is 20.0 Å². The lowest BCUT2D eigenvalue weighted by Crippen LogP contribution is -2.41. The van der Waals surface area contributed by atoms with E-state index in [0.29, 0.717) is 0 Å². The maximum atomic E-state index is 11.1. The summed E-state index contributed by atoms with van der Waals surface area (Å²) in [5.74, 6) is -2.42. The second-order valence-electron chi connectivity index (χ2n) is 4.05. The standard InChI is InChI=1S/C10H16N2O4/c1-5(2)12-6(3)11(4)7(9(13)14)8(12)10(15)16/h5-6H,1-4H3,(H,13,14)(H,15,16). The van der Waals surface area contributed by atoms with Crippen LogP contribution in [0, 0.1) is 0 Å². The Balaban J connectivity index is 3.33. The van der Waals surface area contributed by atoms with Crippen molar-refractivity contribution in [2.24, 2.45) is 0 Å².